The van der Waals surface area contributed by atoms with Crippen LogP contribution in [0.25, 0.3) is 0 Å². The van der Waals surface area contributed by atoms with Gasteiger partial charge < -0.3 is 4.74 Å². The summed E-state index contributed by atoms with van der Waals surface area (Å²) in [6.07, 6.45) is 31.4. The van der Waals surface area contributed by atoms with Gasteiger partial charge in [0, 0.05) is 30.8 Å². The standard InChI is InChI=1S/C23H36O2.C23H34O2/c1-17(2)9-7-10-18(3)11-8-12-19(4)13-14-21-20(5)22(24)15-16-23(21)25-6;1-6-20-21(23(25)16-15-22(20)24)14-13-19(5)12-8-11-18(4)10-7-9-17(2)3/h9,11,13,15-16,20-21,23H,7-8,10,12,14H2,1-6H3;9,11,13,15-16,20-21H,6-8,10,12,14H2,1-5H3/b2*18-11+,19-13+. The van der Waals surface area contributed by atoms with Crippen molar-refractivity contribution in [1.29, 1.82) is 0 Å². The van der Waals surface area contributed by atoms with Crippen molar-refractivity contribution >= 4 is 17.3 Å². The van der Waals surface area contributed by atoms with E-state index in [-0.39, 0.29) is 47.1 Å². The Kier molecular flexibility index (Phi) is 22.4. The lowest BCUT2D eigenvalue weighted by Gasteiger charge is -2.30. The second-order valence-corrected chi connectivity index (χ2v) is 15.1. The number of ether oxygens (including phenoxy) is 1. The zero-order chi connectivity index (χ0) is 37.6. The number of carbonyl (C=O) groups excluding carboxylic acids is 3. The smallest absolute Gasteiger partial charge is 0.159 e. The fourth-order valence-electron chi connectivity index (χ4n) is 6.49. The van der Waals surface area contributed by atoms with Gasteiger partial charge in [0.2, 0.25) is 0 Å². The maximum atomic E-state index is 12.1. The van der Waals surface area contributed by atoms with Gasteiger partial charge >= 0.3 is 0 Å². The second kappa shape index (κ2) is 24.9. The van der Waals surface area contributed by atoms with Crippen LogP contribution in [0, 0.1) is 23.7 Å². The summed E-state index contributed by atoms with van der Waals surface area (Å²) >= 11 is 0. The van der Waals surface area contributed by atoms with Gasteiger partial charge in [-0.1, -0.05) is 89.8 Å². The molecule has 0 saturated carbocycles. The number of ketones is 3. The lowest BCUT2D eigenvalue weighted by atomic mass is 9.77. The average molecular weight is 687 g/mol. The quantitative estimate of drug-likeness (QED) is 0.135. The average Bonchev–Trinajstić information content (AvgIpc) is 3.05. The Morgan fingerprint density at radius 1 is 0.580 bits per heavy atom. The van der Waals surface area contributed by atoms with E-state index in [0.717, 1.165) is 64.2 Å². The summed E-state index contributed by atoms with van der Waals surface area (Å²) in [6, 6.07) is 0. The number of allylic oxidation sites excluding steroid dienone is 15. The molecule has 0 amide bonds. The Morgan fingerprint density at radius 2 is 1.00 bits per heavy atom. The minimum Gasteiger partial charge on any atom is -0.377 e. The van der Waals surface area contributed by atoms with E-state index in [1.165, 1.54) is 45.6 Å². The van der Waals surface area contributed by atoms with E-state index >= 15 is 0 Å². The molecule has 0 aliphatic heterocycles. The summed E-state index contributed by atoms with van der Waals surface area (Å²) in [6.45, 7) is 21.3. The fraction of sp³-hybridized carbons (Fsp3) is 0.587. The first-order chi connectivity index (χ1) is 23.7. The zero-order valence-corrected chi connectivity index (χ0v) is 33.6. The van der Waals surface area contributed by atoms with Crippen LogP contribution in [0.5, 0.6) is 0 Å². The monoisotopic (exact) mass is 687 g/mol. The second-order valence-electron chi connectivity index (χ2n) is 15.1. The highest BCUT2D eigenvalue weighted by atomic mass is 16.5. The molecule has 2 aliphatic rings. The highest BCUT2D eigenvalue weighted by Gasteiger charge is 2.33. The molecule has 0 aromatic heterocycles. The molecule has 0 N–H and O–H groups in total. The molecular formula is C46H70O4. The third-order valence-corrected chi connectivity index (χ3v) is 10.0. The lowest BCUT2D eigenvalue weighted by molar-refractivity contribution is -0.129. The minimum atomic E-state index is -0.168. The van der Waals surface area contributed by atoms with E-state index in [0.29, 0.717) is 6.42 Å². The van der Waals surface area contributed by atoms with Gasteiger partial charge in [-0.15, -0.1) is 0 Å². The number of rotatable bonds is 18. The van der Waals surface area contributed by atoms with Gasteiger partial charge in [0.15, 0.2) is 17.3 Å². The van der Waals surface area contributed by atoms with Crippen LogP contribution in [0.1, 0.15) is 140 Å². The molecule has 0 fully saturated rings. The van der Waals surface area contributed by atoms with Crippen LogP contribution in [0.4, 0.5) is 0 Å². The van der Waals surface area contributed by atoms with Gasteiger partial charge in [0.1, 0.15) is 0 Å². The van der Waals surface area contributed by atoms with Crippen molar-refractivity contribution < 1.29 is 19.1 Å². The van der Waals surface area contributed by atoms with Gasteiger partial charge in [-0.2, -0.15) is 0 Å². The molecule has 5 atom stereocenters. The van der Waals surface area contributed by atoms with Crippen molar-refractivity contribution in [3.05, 3.63) is 94.2 Å². The first-order valence-electron chi connectivity index (χ1n) is 19.1. The Balaban J connectivity index is 0.000000500. The third kappa shape index (κ3) is 18.2. The SMILES string of the molecule is CCC1C(=O)C=CC(=O)C1C/C=C(\C)CC/C=C(\C)CCC=C(C)C.COC1C=CC(=O)C(C)C1C/C=C(\C)CC/C=C(\C)CCC=C(C)C. The molecular weight excluding hydrogens is 617 g/mol. The van der Waals surface area contributed by atoms with Crippen LogP contribution in [0.3, 0.4) is 0 Å². The van der Waals surface area contributed by atoms with Gasteiger partial charge in [0.25, 0.3) is 0 Å². The van der Waals surface area contributed by atoms with Crippen LogP contribution >= 0.6 is 0 Å². The van der Waals surface area contributed by atoms with E-state index in [9.17, 15) is 14.4 Å². The van der Waals surface area contributed by atoms with Crippen LogP contribution in [0.15, 0.2) is 94.2 Å². The molecule has 0 aromatic carbocycles. The molecule has 50 heavy (non-hydrogen) atoms. The van der Waals surface area contributed by atoms with Crippen LogP contribution < -0.4 is 0 Å². The number of hydrogen-bond donors (Lipinski definition) is 0. The van der Waals surface area contributed by atoms with E-state index < -0.39 is 0 Å². The first kappa shape index (κ1) is 44.9. The molecule has 5 unspecified atom stereocenters. The molecule has 278 valence electrons. The summed E-state index contributed by atoms with van der Waals surface area (Å²) in [5.74, 6) is 0.408. The summed E-state index contributed by atoms with van der Waals surface area (Å²) in [5.41, 5.74) is 8.39. The van der Waals surface area contributed by atoms with E-state index in [2.05, 4.69) is 91.8 Å². The molecule has 0 heterocycles. The Bertz CT molecular complexity index is 1330. The third-order valence-electron chi connectivity index (χ3n) is 10.0. The molecule has 2 aliphatic carbocycles. The summed E-state index contributed by atoms with van der Waals surface area (Å²) in [5, 5.41) is 0. The molecule has 4 heteroatoms. The molecule has 0 aromatic rings. The zero-order valence-electron chi connectivity index (χ0n) is 33.6. The van der Waals surface area contributed by atoms with Gasteiger partial charge in [-0.05, 0) is 144 Å². The van der Waals surface area contributed by atoms with Crippen molar-refractivity contribution in [2.75, 3.05) is 7.11 Å². The Labute approximate surface area is 306 Å². The lowest BCUT2D eigenvalue weighted by Crippen LogP contribution is -2.34. The van der Waals surface area contributed by atoms with Crippen molar-refractivity contribution in [1.82, 2.24) is 0 Å². The Morgan fingerprint density at radius 3 is 1.44 bits per heavy atom. The number of methoxy groups -OCH3 is 1. The molecule has 0 bridgehead atoms. The topological polar surface area (TPSA) is 60.4 Å². The molecule has 0 saturated heterocycles. The van der Waals surface area contributed by atoms with Crippen LogP contribution in [0.2, 0.25) is 0 Å². The molecule has 0 radical (unpaired) electrons. The number of carbonyl (C=O) groups is 3. The van der Waals surface area contributed by atoms with Crippen molar-refractivity contribution in [2.45, 2.75) is 146 Å². The first-order valence-corrected chi connectivity index (χ1v) is 19.1. The fourth-order valence-corrected chi connectivity index (χ4v) is 6.49. The maximum absolute atomic E-state index is 12.1. The van der Waals surface area contributed by atoms with Gasteiger partial charge in [0.05, 0.1) is 6.10 Å². The van der Waals surface area contributed by atoms with Crippen LogP contribution in [-0.2, 0) is 19.1 Å². The van der Waals surface area contributed by atoms with E-state index in [1.54, 1.807) is 13.2 Å². The van der Waals surface area contributed by atoms with Crippen LogP contribution in [-0.4, -0.2) is 30.6 Å². The van der Waals surface area contributed by atoms with Crippen molar-refractivity contribution in [3.63, 3.8) is 0 Å². The van der Waals surface area contributed by atoms with Gasteiger partial charge in [-0.25, -0.2) is 0 Å². The van der Waals surface area contributed by atoms with Gasteiger partial charge in [-0.3, -0.25) is 14.4 Å². The molecule has 4 nitrogen and oxygen atoms in total. The highest BCUT2D eigenvalue weighted by molar-refractivity contribution is 6.07. The summed E-state index contributed by atoms with van der Waals surface area (Å²) in [7, 11) is 1.73. The predicted octanol–water partition coefficient (Wildman–Crippen LogP) is 12.3. The van der Waals surface area contributed by atoms with Crippen molar-refractivity contribution in [3.8, 4) is 0 Å². The summed E-state index contributed by atoms with van der Waals surface area (Å²) < 4.78 is 5.54. The summed E-state index contributed by atoms with van der Waals surface area (Å²) in [4.78, 5) is 35.9. The minimum absolute atomic E-state index is 0.0382. The molecule has 2 rings (SSSR count). The number of hydrogen-bond acceptors (Lipinski definition) is 4. The largest absolute Gasteiger partial charge is 0.377 e. The van der Waals surface area contributed by atoms with Crippen molar-refractivity contribution in [2.24, 2.45) is 23.7 Å². The predicted molar refractivity (Wildman–Crippen MR) is 214 cm³/mol. The molecule has 0 spiro atoms. The maximum Gasteiger partial charge on any atom is 0.159 e. The normalized spacial score (nSPS) is 23.1. The highest BCUT2D eigenvalue weighted by Crippen LogP contribution is 2.30. The van der Waals surface area contributed by atoms with E-state index in [4.69, 9.17) is 4.74 Å². The Hall–Kier alpha value is -3.11. The van der Waals surface area contributed by atoms with E-state index in [1.807, 2.05) is 19.9 Å².